The second-order valence-corrected chi connectivity index (χ2v) is 1.42. The van der Waals surface area contributed by atoms with Crippen molar-refractivity contribution in [2.75, 3.05) is 28.4 Å². The van der Waals surface area contributed by atoms with Crippen molar-refractivity contribution < 1.29 is 61.6 Å². The van der Waals surface area contributed by atoms with Crippen LogP contribution >= 0.6 is 0 Å². The lowest BCUT2D eigenvalue weighted by atomic mass is 11.2. The Morgan fingerprint density at radius 3 is 0.857 bits per heavy atom. The Bertz CT molecular complexity index is 258. The summed E-state index contributed by atoms with van der Waals surface area (Å²) in [4.78, 5) is 60.3. The Morgan fingerprint density at radius 1 is 0.821 bits per heavy atom. The first-order chi connectivity index (χ1) is 11.8. The summed E-state index contributed by atoms with van der Waals surface area (Å²) >= 11 is 0. The molecule has 0 saturated carbocycles. The van der Waals surface area contributed by atoms with E-state index in [2.05, 4.69) is 32.4 Å². The highest BCUT2D eigenvalue weighted by Crippen LogP contribution is 1.35. The first-order valence-corrected chi connectivity index (χ1v) is 4.98. The minimum atomic E-state index is -0.833. The fourth-order valence-corrected chi connectivity index (χ4v) is 0. The molecule has 0 radical (unpaired) electrons. The fourth-order valence-electron chi connectivity index (χ4n) is 0. The zero-order valence-corrected chi connectivity index (χ0v) is 16.1. The molecule has 18 nitrogen and oxygen atoms in total. The number of ether oxygens (including phenoxy) is 2. The predicted molar refractivity (Wildman–Crippen MR) is 99.6 cm³/mol. The van der Waals surface area contributed by atoms with Gasteiger partial charge in [0.2, 0.25) is 12.8 Å². The van der Waals surface area contributed by atoms with E-state index in [1.54, 1.807) is 0 Å². The lowest BCUT2D eigenvalue weighted by Gasteiger charge is -1.67. The standard InChI is InChI=1S/2C2H4O2.CH4N2O.2CH3NO.CO2.2CH4O.2H3N.H2O.2H2/c2*1-4-2-3;2-1(3)4;3*2-1-3;2*1-2;;;;;/h2*2H,1H3;(H4,2,3,4);2*1H,(H2,2,3);;2*2H,1H3;2*1H3;1H2;2*1H. The third-order valence-electron chi connectivity index (χ3n) is 0.192. The highest BCUT2D eigenvalue weighted by atomic mass is 16.5. The number of hydrogen-bond acceptors (Lipinski definition) is 13. The van der Waals surface area contributed by atoms with E-state index in [-0.39, 0.29) is 39.6 Å². The van der Waals surface area contributed by atoms with Crippen molar-refractivity contribution in [1.82, 2.24) is 12.3 Å². The molecular formula is C10H38N6O12. The molecule has 28 heavy (non-hydrogen) atoms. The molecule has 18 heteroatoms. The van der Waals surface area contributed by atoms with Crippen molar-refractivity contribution in [3.8, 4) is 0 Å². The molecule has 0 fully saturated rings. The number of carbonyl (C=O) groups is 5. The fraction of sp³-hybridized carbons (Fsp3) is 0.400. The maximum absolute atomic E-state index is 9.00. The van der Waals surface area contributed by atoms with Gasteiger partial charge < -0.3 is 60.4 Å². The van der Waals surface area contributed by atoms with Gasteiger partial charge in [-0.1, -0.05) is 0 Å². The van der Waals surface area contributed by atoms with Gasteiger partial charge in [0, 0.05) is 17.1 Å². The number of amides is 4. The number of carbonyl (C=O) groups excluding carboxylic acids is 7. The molecule has 18 N–H and O–H groups in total. The number of urea groups is 1. The average molecular weight is 434 g/mol. The number of nitrogens with two attached hydrogens (primary N) is 4. The SMILES string of the molecule is CO.CO.COC=O.COC=O.N.N.NC(N)=O.NC=O.NC=O.O.O=C=O.[HH].[HH]. The Labute approximate surface area is 164 Å². The molecule has 0 saturated heterocycles. The summed E-state index contributed by atoms with van der Waals surface area (Å²) in [6.45, 7) is 0.750. The second kappa shape index (κ2) is 290. The molecule has 4 amide bonds. The number of primary amides is 4. The van der Waals surface area contributed by atoms with E-state index in [1.165, 1.54) is 14.2 Å². The van der Waals surface area contributed by atoms with Crippen LogP contribution in [-0.4, -0.2) is 82.1 Å². The van der Waals surface area contributed by atoms with E-state index in [1.807, 2.05) is 0 Å². The van der Waals surface area contributed by atoms with E-state index in [9.17, 15) is 0 Å². The summed E-state index contributed by atoms with van der Waals surface area (Å²) in [5.74, 6) is 0. The van der Waals surface area contributed by atoms with Gasteiger partial charge in [-0.05, 0) is 0 Å². The number of methoxy groups -OCH3 is 2. The Balaban J connectivity index is -0.00000000989. The molecular weight excluding hydrogens is 396 g/mol. The smallest absolute Gasteiger partial charge is 0.373 e. The van der Waals surface area contributed by atoms with Crippen molar-refractivity contribution >= 4 is 37.9 Å². The van der Waals surface area contributed by atoms with Crippen LogP contribution < -0.4 is 35.2 Å². The number of aliphatic hydroxyl groups excluding tert-OH is 2. The highest BCUT2D eigenvalue weighted by molar-refractivity contribution is 5.69. The van der Waals surface area contributed by atoms with E-state index in [4.69, 9.17) is 43.8 Å². The summed E-state index contributed by atoms with van der Waals surface area (Å²) in [5, 5.41) is 14.0. The van der Waals surface area contributed by atoms with Gasteiger partial charge in [-0.3, -0.25) is 19.2 Å². The van der Waals surface area contributed by atoms with Crippen LogP contribution in [0.5, 0.6) is 0 Å². The van der Waals surface area contributed by atoms with Gasteiger partial charge in [-0.25, -0.2) is 4.79 Å². The molecule has 0 aliphatic rings. The third kappa shape index (κ3) is 3640. The molecule has 0 heterocycles. The van der Waals surface area contributed by atoms with E-state index < -0.39 is 6.03 Å². The zero-order valence-electron chi connectivity index (χ0n) is 16.1. The van der Waals surface area contributed by atoms with Crippen molar-refractivity contribution in [1.29, 1.82) is 0 Å². The summed E-state index contributed by atoms with van der Waals surface area (Å²) in [7, 11) is 4.62. The molecule has 0 aromatic rings. The maximum atomic E-state index is 9.00. The van der Waals surface area contributed by atoms with Gasteiger partial charge in [-0.2, -0.15) is 9.59 Å². The first kappa shape index (κ1) is 74.5. The predicted octanol–water partition coefficient (Wildman–Crippen LogP) is -4.57. The normalized spacial score (nSPS) is 3.93. The van der Waals surface area contributed by atoms with Gasteiger partial charge in [0.25, 0.3) is 12.9 Å². The van der Waals surface area contributed by atoms with Crippen LogP contribution in [0.4, 0.5) is 4.79 Å². The first-order valence-electron chi connectivity index (χ1n) is 4.98. The zero-order chi connectivity index (χ0) is 22.5. The van der Waals surface area contributed by atoms with Gasteiger partial charge in [0.1, 0.15) is 0 Å². The number of aliphatic hydroxyl groups is 2. The summed E-state index contributed by atoms with van der Waals surface area (Å²) in [6.07, 6.45) is 0.750. The van der Waals surface area contributed by atoms with Crippen molar-refractivity contribution in [3.05, 3.63) is 0 Å². The molecule has 0 spiro atoms. The molecule has 180 valence electrons. The lowest BCUT2D eigenvalue weighted by Crippen LogP contribution is -2.18. The minimum Gasteiger partial charge on any atom is -0.471 e. The number of rotatable bonds is 2. The minimum absolute atomic E-state index is 0. The molecule has 0 aromatic heterocycles. The Morgan fingerprint density at radius 2 is 0.857 bits per heavy atom. The van der Waals surface area contributed by atoms with Crippen molar-refractivity contribution in [3.63, 3.8) is 0 Å². The molecule has 0 aliphatic carbocycles. The summed E-state index contributed by atoms with van der Waals surface area (Å²) < 4.78 is 7.72. The van der Waals surface area contributed by atoms with Crippen LogP contribution in [0.1, 0.15) is 2.85 Å². The van der Waals surface area contributed by atoms with E-state index in [0.717, 1.165) is 14.2 Å². The Kier molecular flexibility index (Phi) is 773. The van der Waals surface area contributed by atoms with Gasteiger partial charge in [0.05, 0.1) is 14.2 Å². The van der Waals surface area contributed by atoms with Crippen LogP contribution in [-0.2, 0) is 38.2 Å². The second-order valence-electron chi connectivity index (χ2n) is 1.42. The monoisotopic (exact) mass is 434 g/mol. The van der Waals surface area contributed by atoms with Crippen molar-refractivity contribution in [2.24, 2.45) is 22.9 Å². The maximum Gasteiger partial charge on any atom is 0.373 e. The average Bonchev–Trinajstić information content (AvgIpc) is 2.60. The lowest BCUT2D eigenvalue weighted by molar-refractivity contribution is -0.191. The molecule has 0 atom stereocenters. The van der Waals surface area contributed by atoms with Crippen LogP contribution in [0.2, 0.25) is 0 Å². The molecule has 0 bridgehead atoms. The number of hydrogen-bond donors (Lipinski definition) is 8. The summed E-state index contributed by atoms with van der Waals surface area (Å²) in [5.41, 5.74) is 16.8. The van der Waals surface area contributed by atoms with E-state index >= 15 is 0 Å². The van der Waals surface area contributed by atoms with Crippen LogP contribution in [0.3, 0.4) is 0 Å². The third-order valence-corrected chi connectivity index (χ3v) is 0.192. The quantitative estimate of drug-likeness (QED) is 0.190. The largest absolute Gasteiger partial charge is 0.471 e. The molecule has 0 rings (SSSR count). The Hall–Kier alpha value is -3.67. The van der Waals surface area contributed by atoms with Gasteiger partial charge >= 0.3 is 12.2 Å². The van der Waals surface area contributed by atoms with Crippen molar-refractivity contribution in [2.45, 2.75) is 0 Å². The molecule has 0 aliphatic heterocycles. The van der Waals surface area contributed by atoms with Crippen LogP contribution in [0.15, 0.2) is 0 Å². The van der Waals surface area contributed by atoms with E-state index in [0.29, 0.717) is 12.9 Å². The highest BCUT2D eigenvalue weighted by Gasteiger charge is 1.60. The van der Waals surface area contributed by atoms with Gasteiger partial charge in [0.15, 0.2) is 0 Å². The summed E-state index contributed by atoms with van der Waals surface area (Å²) in [6, 6.07) is -0.833. The van der Waals surface area contributed by atoms with Gasteiger partial charge in [-0.15, -0.1) is 0 Å². The topological polar surface area (TPSA) is 384 Å². The molecule has 0 aromatic carbocycles. The van der Waals surface area contributed by atoms with Crippen LogP contribution in [0.25, 0.3) is 0 Å². The molecule has 0 unspecified atom stereocenters. The van der Waals surface area contributed by atoms with Crippen LogP contribution in [0, 0.1) is 0 Å².